The van der Waals surface area contributed by atoms with Gasteiger partial charge in [0.2, 0.25) is 10.0 Å². The van der Waals surface area contributed by atoms with Crippen LogP contribution in [0.25, 0.3) is 0 Å². The number of nitrogens with two attached hydrogens (primary N) is 1. The van der Waals surface area contributed by atoms with Crippen molar-refractivity contribution < 1.29 is 17.9 Å². The molecule has 1 aromatic rings. The predicted octanol–water partition coefficient (Wildman–Crippen LogP) is 1.87. The van der Waals surface area contributed by atoms with E-state index >= 15 is 0 Å². The predicted molar refractivity (Wildman–Crippen MR) is 91.9 cm³/mol. The first-order chi connectivity index (χ1) is 10.5. The van der Waals surface area contributed by atoms with Gasteiger partial charge in [0, 0.05) is 25.2 Å². The van der Waals surface area contributed by atoms with Crippen LogP contribution >= 0.6 is 12.4 Å². The van der Waals surface area contributed by atoms with Crippen LogP contribution in [0, 0.1) is 5.92 Å². The minimum Gasteiger partial charge on any atom is -0.493 e. The molecule has 0 radical (unpaired) electrons. The van der Waals surface area contributed by atoms with Crippen LogP contribution in [0.4, 0.5) is 0 Å². The molecule has 8 heteroatoms. The molecular weight excluding hydrogens is 340 g/mol. The molecule has 1 fully saturated rings. The van der Waals surface area contributed by atoms with Gasteiger partial charge in [-0.2, -0.15) is 4.31 Å². The summed E-state index contributed by atoms with van der Waals surface area (Å²) in [6, 6.07) is 4.49. The van der Waals surface area contributed by atoms with Crippen LogP contribution in [0.2, 0.25) is 0 Å². The van der Waals surface area contributed by atoms with E-state index in [1.54, 1.807) is 12.1 Å². The van der Waals surface area contributed by atoms with E-state index in [1.807, 2.05) is 6.92 Å². The molecule has 1 saturated heterocycles. The molecule has 1 aromatic carbocycles. The average molecular weight is 365 g/mol. The molecule has 6 nitrogen and oxygen atoms in total. The second-order valence-electron chi connectivity index (χ2n) is 5.56. The molecule has 23 heavy (non-hydrogen) atoms. The van der Waals surface area contributed by atoms with Crippen molar-refractivity contribution in [2.75, 3.05) is 27.3 Å². The van der Waals surface area contributed by atoms with Crippen LogP contribution in [-0.2, 0) is 10.0 Å². The Kier molecular flexibility index (Phi) is 7.13. The summed E-state index contributed by atoms with van der Waals surface area (Å²) < 4.78 is 37.8. The molecule has 0 aromatic heterocycles. The molecule has 0 aliphatic carbocycles. The SMILES string of the molecule is COc1ccc(S(=O)(=O)N2CCCC(C)C2CN)cc1OC.Cl. The summed E-state index contributed by atoms with van der Waals surface area (Å²) in [7, 11) is -0.593. The third-order valence-corrected chi connectivity index (χ3v) is 6.19. The Labute approximate surface area is 144 Å². The van der Waals surface area contributed by atoms with Gasteiger partial charge in [-0.25, -0.2) is 8.42 Å². The number of hydrogen-bond acceptors (Lipinski definition) is 5. The van der Waals surface area contributed by atoms with Gasteiger partial charge < -0.3 is 15.2 Å². The largest absolute Gasteiger partial charge is 0.493 e. The molecule has 1 aliphatic rings. The number of methoxy groups -OCH3 is 2. The highest BCUT2D eigenvalue weighted by Crippen LogP contribution is 2.33. The number of sulfonamides is 1. The zero-order valence-corrected chi connectivity index (χ0v) is 15.3. The molecule has 2 N–H and O–H groups in total. The minimum absolute atomic E-state index is 0. The highest BCUT2D eigenvalue weighted by atomic mass is 35.5. The molecule has 1 aliphatic heterocycles. The second kappa shape index (κ2) is 8.19. The van der Waals surface area contributed by atoms with E-state index in [9.17, 15) is 8.42 Å². The molecule has 2 atom stereocenters. The first-order valence-electron chi connectivity index (χ1n) is 7.39. The van der Waals surface area contributed by atoms with Gasteiger partial charge in [0.1, 0.15) is 0 Å². The molecular formula is C15H25ClN2O4S. The maximum atomic E-state index is 12.9. The molecule has 0 amide bonds. The van der Waals surface area contributed by atoms with Crippen molar-refractivity contribution in [2.45, 2.75) is 30.7 Å². The van der Waals surface area contributed by atoms with Crippen LogP contribution in [0.15, 0.2) is 23.1 Å². The number of piperidine rings is 1. The molecule has 132 valence electrons. The van der Waals surface area contributed by atoms with E-state index < -0.39 is 10.0 Å². The Balaban J connectivity index is 0.00000264. The fourth-order valence-electron chi connectivity index (χ4n) is 2.97. The van der Waals surface area contributed by atoms with Crippen molar-refractivity contribution in [3.05, 3.63) is 18.2 Å². The zero-order valence-electron chi connectivity index (χ0n) is 13.7. The Bertz CT molecular complexity index is 624. The quantitative estimate of drug-likeness (QED) is 0.862. The Hall–Kier alpha value is -1.02. The van der Waals surface area contributed by atoms with E-state index in [2.05, 4.69) is 0 Å². The summed E-state index contributed by atoms with van der Waals surface area (Å²) in [5.74, 6) is 1.16. The topological polar surface area (TPSA) is 81.9 Å². The van der Waals surface area contributed by atoms with E-state index in [1.165, 1.54) is 24.6 Å². The van der Waals surface area contributed by atoms with Gasteiger partial charge >= 0.3 is 0 Å². The minimum atomic E-state index is -3.60. The lowest BCUT2D eigenvalue weighted by Crippen LogP contribution is -2.51. The van der Waals surface area contributed by atoms with Crippen LogP contribution in [-0.4, -0.2) is 46.1 Å². The lowest BCUT2D eigenvalue weighted by atomic mass is 9.93. The maximum Gasteiger partial charge on any atom is 0.243 e. The monoisotopic (exact) mass is 364 g/mol. The van der Waals surface area contributed by atoms with Crippen LogP contribution in [0.1, 0.15) is 19.8 Å². The standard InChI is InChI=1S/C15H24N2O4S.ClH/c1-11-5-4-8-17(13(11)10-16)22(18,19)12-6-7-14(20-2)15(9-12)21-3;/h6-7,9,11,13H,4-5,8,10,16H2,1-3H3;1H. The van der Waals surface area contributed by atoms with E-state index in [0.717, 1.165) is 12.8 Å². The number of halogens is 1. The summed E-state index contributed by atoms with van der Waals surface area (Å²) >= 11 is 0. The highest BCUT2D eigenvalue weighted by molar-refractivity contribution is 7.89. The first-order valence-corrected chi connectivity index (χ1v) is 8.83. The zero-order chi connectivity index (χ0) is 16.3. The second-order valence-corrected chi connectivity index (χ2v) is 7.45. The van der Waals surface area contributed by atoms with Crippen molar-refractivity contribution in [1.82, 2.24) is 4.31 Å². The normalized spacial score (nSPS) is 22.3. The van der Waals surface area contributed by atoms with Gasteiger partial charge in [-0.05, 0) is 30.9 Å². The Morgan fingerprint density at radius 1 is 1.26 bits per heavy atom. The average Bonchev–Trinajstić information content (AvgIpc) is 2.53. The van der Waals surface area contributed by atoms with Crippen molar-refractivity contribution >= 4 is 22.4 Å². The first kappa shape index (κ1) is 20.0. The number of ether oxygens (including phenoxy) is 2. The summed E-state index contributed by atoms with van der Waals surface area (Å²) in [6.07, 6.45) is 1.85. The number of rotatable bonds is 5. The smallest absolute Gasteiger partial charge is 0.243 e. The van der Waals surface area contributed by atoms with Crippen molar-refractivity contribution in [3.63, 3.8) is 0 Å². The molecule has 0 saturated carbocycles. The Morgan fingerprint density at radius 2 is 1.91 bits per heavy atom. The Morgan fingerprint density at radius 3 is 2.48 bits per heavy atom. The number of nitrogens with zero attached hydrogens (tertiary/aromatic N) is 1. The third-order valence-electron chi connectivity index (χ3n) is 4.27. The summed E-state index contributed by atoms with van der Waals surface area (Å²) in [5.41, 5.74) is 5.81. The van der Waals surface area contributed by atoms with Gasteiger partial charge in [-0.15, -0.1) is 12.4 Å². The highest BCUT2D eigenvalue weighted by Gasteiger charge is 2.36. The van der Waals surface area contributed by atoms with Gasteiger partial charge in [-0.3, -0.25) is 0 Å². The maximum absolute atomic E-state index is 12.9. The van der Waals surface area contributed by atoms with Crippen LogP contribution in [0.3, 0.4) is 0 Å². The molecule has 0 bridgehead atoms. The van der Waals surface area contributed by atoms with Crippen molar-refractivity contribution in [3.8, 4) is 11.5 Å². The lowest BCUT2D eigenvalue weighted by molar-refractivity contribution is 0.192. The summed E-state index contributed by atoms with van der Waals surface area (Å²) in [6.45, 7) is 2.88. The van der Waals surface area contributed by atoms with E-state index in [4.69, 9.17) is 15.2 Å². The summed E-state index contributed by atoms with van der Waals surface area (Å²) in [4.78, 5) is 0.206. The van der Waals surface area contributed by atoms with Gasteiger partial charge in [0.05, 0.1) is 19.1 Å². The van der Waals surface area contributed by atoms with Gasteiger partial charge in [0.25, 0.3) is 0 Å². The summed E-state index contributed by atoms with van der Waals surface area (Å²) in [5, 5.41) is 0. The molecule has 0 spiro atoms. The van der Waals surface area contributed by atoms with Gasteiger partial charge in [-0.1, -0.05) is 6.92 Å². The number of benzene rings is 1. The van der Waals surface area contributed by atoms with Crippen molar-refractivity contribution in [2.24, 2.45) is 11.7 Å². The number of hydrogen-bond donors (Lipinski definition) is 1. The fraction of sp³-hybridized carbons (Fsp3) is 0.600. The van der Waals surface area contributed by atoms with Crippen LogP contribution < -0.4 is 15.2 Å². The van der Waals surface area contributed by atoms with E-state index in [-0.39, 0.29) is 29.3 Å². The molecule has 2 unspecified atom stereocenters. The fourth-order valence-corrected chi connectivity index (χ4v) is 4.76. The third kappa shape index (κ3) is 3.91. The lowest BCUT2D eigenvalue weighted by Gasteiger charge is -2.38. The van der Waals surface area contributed by atoms with E-state index in [0.29, 0.717) is 24.6 Å². The van der Waals surface area contributed by atoms with Crippen LogP contribution in [0.5, 0.6) is 11.5 Å². The molecule has 2 rings (SSSR count). The van der Waals surface area contributed by atoms with Crippen molar-refractivity contribution in [1.29, 1.82) is 0 Å². The molecule has 1 heterocycles. The van der Waals surface area contributed by atoms with Gasteiger partial charge in [0.15, 0.2) is 11.5 Å².